The maximum Gasteiger partial charge on any atom is 0.337 e. The van der Waals surface area contributed by atoms with Crippen molar-refractivity contribution in [2.24, 2.45) is 5.10 Å². The standard InChI is InChI=1S/C20H22N2O3/c1-20(2,3)17-11-9-15(10-12-17)18(23)22-21-13-14-5-7-16(8-6-14)19(24)25-4/h5-13H,1-4H3,(H,22,23)/b21-13+. The molecule has 25 heavy (non-hydrogen) atoms. The van der Waals surface area contributed by atoms with Gasteiger partial charge < -0.3 is 4.74 Å². The second-order valence-electron chi connectivity index (χ2n) is 6.64. The highest BCUT2D eigenvalue weighted by Gasteiger charge is 2.14. The molecule has 0 aliphatic rings. The molecule has 0 aromatic heterocycles. The van der Waals surface area contributed by atoms with Crippen LogP contribution in [0.2, 0.25) is 0 Å². The number of carbonyl (C=O) groups is 2. The lowest BCUT2D eigenvalue weighted by molar-refractivity contribution is 0.0600. The first-order chi connectivity index (χ1) is 11.8. The molecule has 2 aromatic carbocycles. The fourth-order valence-corrected chi connectivity index (χ4v) is 2.17. The van der Waals surface area contributed by atoms with E-state index >= 15 is 0 Å². The van der Waals surface area contributed by atoms with E-state index < -0.39 is 5.97 Å². The number of hydrogen-bond acceptors (Lipinski definition) is 4. The van der Waals surface area contributed by atoms with Crippen molar-refractivity contribution in [3.8, 4) is 0 Å². The summed E-state index contributed by atoms with van der Waals surface area (Å²) in [5.74, 6) is -0.668. The zero-order chi connectivity index (χ0) is 18.4. The summed E-state index contributed by atoms with van der Waals surface area (Å²) in [6.07, 6.45) is 1.52. The lowest BCUT2D eigenvalue weighted by Gasteiger charge is -2.18. The Morgan fingerprint density at radius 3 is 2.04 bits per heavy atom. The molecule has 0 heterocycles. The van der Waals surface area contributed by atoms with Crippen molar-refractivity contribution >= 4 is 18.1 Å². The van der Waals surface area contributed by atoms with E-state index in [1.54, 1.807) is 36.4 Å². The van der Waals surface area contributed by atoms with Gasteiger partial charge in [-0.05, 0) is 40.8 Å². The van der Waals surface area contributed by atoms with E-state index in [2.05, 4.69) is 36.0 Å². The largest absolute Gasteiger partial charge is 0.465 e. The van der Waals surface area contributed by atoms with Crippen LogP contribution in [-0.4, -0.2) is 25.2 Å². The highest BCUT2D eigenvalue weighted by molar-refractivity contribution is 5.95. The Kier molecular flexibility index (Phi) is 5.70. The number of amides is 1. The van der Waals surface area contributed by atoms with Crippen LogP contribution in [0.4, 0.5) is 0 Å². The highest BCUT2D eigenvalue weighted by Crippen LogP contribution is 2.22. The molecule has 1 amide bonds. The van der Waals surface area contributed by atoms with Crippen LogP contribution in [-0.2, 0) is 10.2 Å². The number of esters is 1. The number of ether oxygens (including phenoxy) is 1. The average molecular weight is 338 g/mol. The van der Waals surface area contributed by atoms with Gasteiger partial charge in [-0.1, -0.05) is 45.0 Å². The van der Waals surface area contributed by atoms with Crippen molar-refractivity contribution in [1.29, 1.82) is 0 Å². The molecule has 0 radical (unpaired) electrons. The molecule has 5 heteroatoms. The quantitative estimate of drug-likeness (QED) is 0.527. The maximum absolute atomic E-state index is 12.1. The van der Waals surface area contributed by atoms with Gasteiger partial charge in [0.15, 0.2) is 0 Å². The molecule has 0 bridgehead atoms. The van der Waals surface area contributed by atoms with Crippen molar-refractivity contribution in [1.82, 2.24) is 5.43 Å². The predicted octanol–water partition coefficient (Wildman–Crippen LogP) is 3.53. The number of benzene rings is 2. The van der Waals surface area contributed by atoms with Gasteiger partial charge in [-0.25, -0.2) is 10.2 Å². The van der Waals surface area contributed by atoms with E-state index in [4.69, 9.17) is 0 Å². The van der Waals surface area contributed by atoms with Gasteiger partial charge in [0, 0.05) is 5.56 Å². The fourth-order valence-electron chi connectivity index (χ4n) is 2.17. The van der Waals surface area contributed by atoms with E-state index in [-0.39, 0.29) is 11.3 Å². The van der Waals surface area contributed by atoms with Crippen molar-refractivity contribution in [2.75, 3.05) is 7.11 Å². The number of hydrazone groups is 1. The third kappa shape index (κ3) is 5.01. The van der Waals surface area contributed by atoms with Crippen molar-refractivity contribution in [2.45, 2.75) is 26.2 Å². The van der Waals surface area contributed by atoms with Gasteiger partial charge in [0.2, 0.25) is 0 Å². The van der Waals surface area contributed by atoms with Crippen molar-refractivity contribution < 1.29 is 14.3 Å². The summed E-state index contributed by atoms with van der Waals surface area (Å²) in [7, 11) is 1.33. The van der Waals surface area contributed by atoms with E-state index in [9.17, 15) is 9.59 Å². The molecule has 0 spiro atoms. The zero-order valence-corrected chi connectivity index (χ0v) is 14.9. The van der Waals surface area contributed by atoms with Crippen molar-refractivity contribution in [3.05, 3.63) is 70.8 Å². The van der Waals surface area contributed by atoms with Crippen molar-refractivity contribution in [3.63, 3.8) is 0 Å². The lowest BCUT2D eigenvalue weighted by atomic mass is 9.87. The van der Waals surface area contributed by atoms with Crippen LogP contribution in [0, 0.1) is 0 Å². The second kappa shape index (κ2) is 7.75. The molecule has 130 valence electrons. The summed E-state index contributed by atoms with van der Waals surface area (Å²) >= 11 is 0. The smallest absolute Gasteiger partial charge is 0.337 e. The second-order valence-corrected chi connectivity index (χ2v) is 6.64. The monoisotopic (exact) mass is 338 g/mol. The molecule has 0 saturated carbocycles. The van der Waals surface area contributed by atoms with Gasteiger partial charge in [-0.2, -0.15) is 5.10 Å². The molecule has 0 aliphatic heterocycles. The number of nitrogens with one attached hydrogen (secondary N) is 1. The van der Waals surface area contributed by atoms with E-state index in [0.29, 0.717) is 11.1 Å². The Morgan fingerprint density at radius 1 is 0.960 bits per heavy atom. The number of hydrogen-bond donors (Lipinski definition) is 1. The van der Waals surface area contributed by atoms with Gasteiger partial charge in [0.05, 0.1) is 18.9 Å². The topological polar surface area (TPSA) is 67.8 Å². The number of methoxy groups -OCH3 is 1. The van der Waals surface area contributed by atoms with Crippen LogP contribution >= 0.6 is 0 Å². The maximum atomic E-state index is 12.1. The molecule has 0 saturated heterocycles. The average Bonchev–Trinajstić information content (AvgIpc) is 2.61. The number of rotatable bonds is 4. The molecule has 0 unspecified atom stereocenters. The van der Waals surface area contributed by atoms with Gasteiger partial charge in [0.1, 0.15) is 0 Å². The third-order valence-electron chi connectivity index (χ3n) is 3.72. The summed E-state index contributed by atoms with van der Waals surface area (Å²) in [6.45, 7) is 6.37. The van der Waals surface area contributed by atoms with Crippen LogP contribution in [0.15, 0.2) is 53.6 Å². The van der Waals surface area contributed by atoms with Crippen LogP contribution in [0.3, 0.4) is 0 Å². The Bertz CT molecular complexity index is 770. The predicted molar refractivity (Wildman–Crippen MR) is 98.0 cm³/mol. The van der Waals surface area contributed by atoms with Crippen LogP contribution in [0.5, 0.6) is 0 Å². The Morgan fingerprint density at radius 2 is 1.52 bits per heavy atom. The lowest BCUT2D eigenvalue weighted by Crippen LogP contribution is -2.18. The van der Waals surface area contributed by atoms with E-state index in [0.717, 1.165) is 5.56 Å². The van der Waals surface area contributed by atoms with Gasteiger partial charge in [0.25, 0.3) is 5.91 Å². The summed E-state index contributed by atoms with van der Waals surface area (Å²) in [5.41, 5.74) is 5.47. The van der Waals surface area contributed by atoms with Crippen LogP contribution < -0.4 is 5.43 Å². The first kappa shape index (κ1) is 18.4. The molecule has 0 aliphatic carbocycles. The molecular formula is C20H22N2O3. The normalized spacial score (nSPS) is 11.4. The highest BCUT2D eigenvalue weighted by atomic mass is 16.5. The molecule has 2 rings (SSSR count). The SMILES string of the molecule is COC(=O)c1ccc(/C=N/NC(=O)c2ccc(C(C)(C)C)cc2)cc1. The third-order valence-corrected chi connectivity index (χ3v) is 3.72. The van der Waals surface area contributed by atoms with Gasteiger partial charge in [-0.15, -0.1) is 0 Å². The number of carbonyl (C=O) groups excluding carboxylic acids is 2. The van der Waals surface area contributed by atoms with E-state index in [1.807, 2.05) is 12.1 Å². The molecule has 0 fully saturated rings. The first-order valence-electron chi connectivity index (χ1n) is 7.93. The first-order valence-corrected chi connectivity index (χ1v) is 7.93. The fraction of sp³-hybridized carbons (Fsp3) is 0.250. The van der Waals surface area contributed by atoms with E-state index in [1.165, 1.54) is 18.9 Å². The molecule has 2 aromatic rings. The Labute approximate surface area is 147 Å². The minimum Gasteiger partial charge on any atom is -0.465 e. The van der Waals surface area contributed by atoms with Crippen LogP contribution in [0.25, 0.3) is 0 Å². The zero-order valence-electron chi connectivity index (χ0n) is 14.9. The summed E-state index contributed by atoms with van der Waals surface area (Å²) in [4.78, 5) is 23.5. The molecule has 1 N–H and O–H groups in total. The Hall–Kier alpha value is -2.95. The van der Waals surface area contributed by atoms with Crippen LogP contribution in [0.1, 0.15) is 52.6 Å². The summed E-state index contributed by atoms with van der Waals surface area (Å²) < 4.78 is 4.64. The summed E-state index contributed by atoms with van der Waals surface area (Å²) in [6, 6.07) is 14.2. The Balaban J connectivity index is 1.97. The van der Waals surface area contributed by atoms with Gasteiger partial charge in [-0.3, -0.25) is 4.79 Å². The minimum absolute atomic E-state index is 0.0452. The summed E-state index contributed by atoms with van der Waals surface area (Å²) in [5, 5.41) is 3.94. The molecular weight excluding hydrogens is 316 g/mol. The molecule has 5 nitrogen and oxygen atoms in total. The van der Waals surface area contributed by atoms with Gasteiger partial charge >= 0.3 is 5.97 Å². The number of nitrogens with zero attached hydrogens (tertiary/aromatic N) is 1. The molecule has 0 atom stereocenters. The minimum atomic E-state index is -0.393.